The average molecular weight is 299 g/mol. The molecule has 1 aliphatic rings. The van der Waals surface area contributed by atoms with E-state index in [0.717, 1.165) is 6.42 Å². The smallest absolute Gasteiger partial charge is 0.256 e. The Morgan fingerprint density at radius 3 is 2.89 bits per heavy atom. The number of anilines is 1. The van der Waals surface area contributed by atoms with E-state index < -0.39 is 5.60 Å². The fourth-order valence-corrected chi connectivity index (χ4v) is 2.28. The molecule has 3 N–H and O–H groups in total. The molecule has 0 bridgehead atoms. The van der Waals surface area contributed by atoms with Crippen LogP contribution in [0.2, 0.25) is 5.02 Å². The normalized spacial score (nSPS) is 22.2. The highest BCUT2D eigenvalue weighted by Crippen LogP contribution is 2.29. The van der Waals surface area contributed by atoms with Crippen LogP contribution in [0, 0.1) is 0 Å². The number of nitrogens with one attached hydrogen (secondary N) is 1. The number of hydrogen-bond donors (Lipinski definition) is 2. The molecule has 102 valence electrons. The van der Waals surface area contributed by atoms with Gasteiger partial charge in [0.05, 0.1) is 10.7 Å². The summed E-state index contributed by atoms with van der Waals surface area (Å²) in [5.74, 6) is -0.202. The number of amides is 1. The third kappa shape index (κ3) is 3.05. The quantitative estimate of drug-likeness (QED) is 0.842. The van der Waals surface area contributed by atoms with E-state index in [1.54, 1.807) is 25.1 Å². The minimum atomic E-state index is -0.789. The lowest BCUT2D eigenvalue weighted by Crippen LogP contribution is -2.39. The van der Waals surface area contributed by atoms with Gasteiger partial charge >= 0.3 is 0 Å². The van der Waals surface area contributed by atoms with E-state index in [2.05, 4.69) is 5.32 Å². The molecule has 0 aliphatic carbocycles. The molecule has 1 aliphatic heterocycles. The van der Waals surface area contributed by atoms with Crippen molar-refractivity contribution in [3.63, 3.8) is 0 Å². The predicted octanol–water partition coefficient (Wildman–Crippen LogP) is 2.48. The van der Waals surface area contributed by atoms with Crippen LogP contribution in [-0.2, 0) is 9.53 Å². The lowest BCUT2D eigenvalue weighted by molar-refractivity contribution is -0.133. The van der Waals surface area contributed by atoms with Gasteiger partial charge < -0.3 is 15.8 Å². The van der Waals surface area contributed by atoms with E-state index in [9.17, 15) is 4.79 Å². The Kier molecular flexibility index (Phi) is 4.08. The highest BCUT2D eigenvalue weighted by Gasteiger charge is 2.37. The topological polar surface area (TPSA) is 64.4 Å². The molecular formula is C13H15ClN2O2S. The minimum Gasteiger partial charge on any atom is -0.389 e. The number of halogens is 1. The SMILES string of the molecule is CC1(C(=O)Nc2cc(C(N)=S)ccc2Cl)CCCO1. The van der Waals surface area contributed by atoms with Crippen LogP contribution in [0.1, 0.15) is 25.3 Å². The van der Waals surface area contributed by atoms with E-state index in [4.69, 9.17) is 34.3 Å². The van der Waals surface area contributed by atoms with Crippen molar-refractivity contribution >= 4 is 40.4 Å². The molecule has 1 aromatic rings. The van der Waals surface area contributed by atoms with Gasteiger partial charge in [-0.2, -0.15) is 0 Å². The average Bonchev–Trinajstić information content (AvgIpc) is 2.80. The van der Waals surface area contributed by atoms with Crippen molar-refractivity contribution in [3.8, 4) is 0 Å². The number of hydrogen-bond acceptors (Lipinski definition) is 3. The summed E-state index contributed by atoms with van der Waals surface area (Å²) in [7, 11) is 0. The van der Waals surface area contributed by atoms with Crippen LogP contribution >= 0.6 is 23.8 Å². The van der Waals surface area contributed by atoms with Crippen LogP contribution < -0.4 is 11.1 Å². The molecule has 0 saturated carbocycles. The molecule has 2 rings (SSSR count). The van der Waals surface area contributed by atoms with Crippen molar-refractivity contribution in [1.29, 1.82) is 0 Å². The summed E-state index contributed by atoms with van der Waals surface area (Å²) in [5, 5.41) is 3.22. The Labute approximate surface area is 122 Å². The third-order valence-electron chi connectivity index (χ3n) is 3.20. The number of nitrogens with two attached hydrogens (primary N) is 1. The van der Waals surface area contributed by atoms with Crippen molar-refractivity contribution in [2.24, 2.45) is 5.73 Å². The summed E-state index contributed by atoms with van der Waals surface area (Å²) >= 11 is 11.0. The Morgan fingerprint density at radius 2 is 2.32 bits per heavy atom. The molecule has 6 heteroatoms. The van der Waals surface area contributed by atoms with E-state index in [1.165, 1.54) is 0 Å². The highest BCUT2D eigenvalue weighted by atomic mass is 35.5. The number of thiocarbonyl (C=S) groups is 1. The van der Waals surface area contributed by atoms with Gasteiger partial charge in [-0.15, -0.1) is 0 Å². The zero-order chi connectivity index (χ0) is 14.0. The van der Waals surface area contributed by atoms with Gasteiger partial charge in [0, 0.05) is 12.2 Å². The number of rotatable bonds is 3. The fourth-order valence-electron chi connectivity index (χ4n) is 1.99. The van der Waals surface area contributed by atoms with E-state index in [-0.39, 0.29) is 10.9 Å². The standard InChI is InChI=1S/C13H15ClN2O2S/c1-13(5-2-6-18-13)12(17)16-10-7-8(11(15)19)3-4-9(10)14/h3-4,7H,2,5-6H2,1H3,(H2,15,19)(H,16,17). The van der Waals surface area contributed by atoms with Gasteiger partial charge in [0.2, 0.25) is 0 Å². The third-order valence-corrected chi connectivity index (χ3v) is 3.76. The van der Waals surface area contributed by atoms with Crippen LogP contribution in [0.3, 0.4) is 0 Å². The van der Waals surface area contributed by atoms with Gasteiger partial charge in [-0.1, -0.05) is 29.9 Å². The summed E-state index contributed by atoms with van der Waals surface area (Å²) in [6.07, 6.45) is 1.58. The van der Waals surface area contributed by atoms with Crippen LogP contribution in [0.5, 0.6) is 0 Å². The van der Waals surface area contributed by atoms with Gasteiger partial charge in [-0.05, 0) is 31.9 Å². The van der Waals surface area contributed by atoms with Crippen LogP contribution in [0.25, 0.3) is 0 Å². The summed E-state index contributed by atoms with van der Waals surface area (Å²) in [6.45, 7) is 2.38. The van der Waals surface area contributed by atoms with Crippen molar-refractivity contribution in [2.45, 2.75) is 25.4 Å². The summed E-state index contributed by atoms with van der Waals surface area (Å²) in [6, 6.07) is 5.04. The Hall–Kier alpha value is -1.17. The zero-order valence-electron chi connectivity index (χ0n) is 10.5. The second kappa shape index (κ2) is 5.45. The van der Waals surface area contributed by atoms with Crippen molar-refractivity contribution < 1.29 is 9.53 Å². The largest absolute Gasteiger partial charge is 0.389 e. The number of carbonyl (C=O) groups is 1. The van der Waals surface area contributed by atoms with Crippen molar-refractivity contribution in [2.75, 3.05) is 11.9 Å². The molecular weight excluding hydrogens is 284 g/mol. The van der Waals surface area contributed by atoms with E-state index >= 15 is 0 Å². The molecule has 4 nitrogen and oxygen atoms in total. The zero-order valence-corrected chi connectivity index (χ0v) is 12.1. The van der Waals surface area contributed by atoms with Crippen LogP contribution in [0.15, 0.2) is 18.2 Å². The lowest BCUT2D eigenvalue weighted by Gasteiger charge is -2.22. The molecule has 1 aromatic carbocycles. The Morgan fingerprint density at radius 1 is 1.58 bits per heavy atom. The number of ether oxygens (including phenoxy) is 1. The first-order valence-corrected chi connectivity index (χ1v) is 6.76. The van der Waals surface area contributed by atoms with E-state index in [0.29, 0.717) is 29.3 Å². The van der Waals surface area contributed by atoms with Crippen LogP contribution in [-0.4, -0.2) is 23.1 Å². The maximum Gasteiger partial charge on any atom is 0.256 e. The minimum absolute atomic E-state index is 0.202. The molecule has 1 saturated heterocycles. The second-order valence-corrected chi connectivity index (χ2v) is 5.54. The molecule has 1 heterocycles. The molecule has 19 heavy (non-hydrogen) atoms. The van der Waals surface area contributed by atoms with Gasteiger partial charge in [0.1, 0.15) is 10.6 Å². The first-order chi connectivity index (χ1) is 8.92. The first-order valence-electron chi connectivity index (χ1n) is 5.97. The maximum absolute atomic E-state index is 12.2. The molecule has 0 spiro atoms. The lowest BCUT2D eigenvalue weighted by atomic mass is 10.0. The summed E-state index contributed by atoms with van der Waals surface area (Å²) < 4.78 is 5.49. The summed E-state index contributed by atoms with van der Waals surface area (Å²) in [5.41, 5.74) is 5.93. The van der Waals surface area contributed by atoms with Crippen molar-refractivity contribution in [1.82, 2.24) is 0 Å². The van der Waals surface area contributed by atoms with Gasteiger partial charge in [-0.3, -0.25) is 4.79 Å². The molecule has 1 atom stereocenters. The first kappa shape index (κ1) is 14.2. The van der Waals surface area contributed by atoms with Crippen molar-refractivity contribution in [3.05, 3.63) is 28.8 Å². The monoisotopic (exact) mass is 298 g/mol. The summed E-state index contributed by atoms with van der Waals surface area (Å²) in [4.78, 5) is 12.5. The van der Waals surface area contributed by atoms with Gasteiger partial charge in [0.15, 0.2) is 0 Å². The van der Waals surface area contributed by atoms with Gasteiger partial charge in [-0.25, -0.2) is 0 Å². The molecule has 1 amide bonds. The van der Waals surface area contributed by atoms with Gasteiger partial charge in [0.25, 0.3) is 5.91 Å². The maximum atomic E-state index is 12.2. The van der Waals surface area contributed by atoms with E-state index in [1.807, 2.05) is 0 Å². The number of carbonyl (C=O) groups excluding carboxylic acids is 1. The van der Waals surface area contributed by atoms with Crippen LogP contribution in [0.4, 0.5) is 5.69 Å². The molecule has 0 radical (unpaired) electrons. The second-order valence-electron chi connectivity index (χ2n) is 4.70. The molecule has 1 fully saturated rings. The predicted molar refractivity (Wildman–Crippen MR) is 79.6 cm³/mol. The Bertz CT molecular complexity index is 527. The Balaban J connectivity index is 2.20. The molecule has 1 unspecified atom stereocenters. The fraction of sp³-hybridized carbons (Fsp3) is 0.385. The highest BCUT2D eigenvalue weighted by molar-refractivity contribution is 7.80. The molecule has 0 aromatic heterocycles. The number of benzene rings is 1.